The zero-order valence-corrected chi connectivity index (χ0v) is 16.4. The van der Waals surface area contributed by atoms with Gasteiger partial charge in [-0.05, 0) is 41.8 Å². The third kappa shape index (κ3) is 5.19. The van der Waals surface area contributed by atoms with Gasteiger partial charge in [-0.1, -0.05) is 48.5 Å². The first-order valence-electron chi connectivity index (χ1n) is 9.50. The lowest BCUT2D eigenvalue weighted by atomic mass is 9.92. The van der Waals surface area contributed by atoms with Crippen LogP contribution in [-0.2, 0) is 17.6 Å². The molecule has 3 aromatic rings. The Balaban J connectivity index is 1.70. The number of pyridine rings is 1. The molecule has 28 heavy (non-hydrogen) atoms. The van der Waals surface area contributed by atoms with Crippen molar-refractivity contribution in [2.24, 2.45) is 0 Å². The number of hydrogen-bond donors (Lipinski definition) is 0. The van der Waals surface area contributed by atoms with Crippen molar-refractivity contribution in [1.82, 2.24) is 9.88 Å². The number of methoxy groups -OCH3 is 1. The van der Waals surface area contributed by atoms with Gasteiger partial charge in [0.05, 0.1) is 13.0 Å². The molecule has 1 aromatic heterocycles. The van der Waals surface area contributed by atoms with Gasteiger partial charge < -0.3 is 9.64 Å². The van der Waals surface area contributed by atoms with Crippen LogP contribution >= 0.6 is 0 Å². The van der Waals surface area contributed by atoms with Gasteiger partial charge in [0.1, 0.15) is 5.75 Å². The Hall–Kier alpha value is -3.14. The molecule has 4 nitrogen and oxygen atoms in total. The highest BCUT2D eigenvalue weighted by atomic mass is 16.5. The number of benzene rings is 2. The fourth-order valence-corrected chi connectivity index (χ4v) is 3.23. The molecule has 1 unspecified atom stereocenters. The van der Waals surface area contributed by atoms with Gasteiger partial charge in [-0.3, -0.25) is 9.78 Å². The lowest BCUT2D eigenvalue weighted by Crippen LogP contribution is -2.34. The molecule has 0 fully saturated rings. The molecule has 0 radical (unpaired) electrons. The number of aromatic nitrogens is 1. The molecule has 1 amide bonds. The summed E-state index contributed by atoms with van der Waals surface area (Å²) in [5.74, 6) is 0.718. The van der Waals surface area contributed by atoms with Crippen LogP contribution in [0.3, 0.4) is 0 Å². The van der Waals surface area contributed by atoms with E-state index in [1.54, 1.807) is 13.3 Å². The topological polar surface area (TPSA) is 42.4 Å². The van der Waals surface area contributed by atoms with Gasteiger partial charge in [0.2, 0.25) is 5.91 Å². The van der Waals surface area contributed by atoms with E-state index >= 15 is 0 Å². The zero-order valence-electron chi connectivity index (χ0n) is 16.4. The van der Waals surface area contributed by atoms with E-state index < -0.39 is 0 Å². The van der Waals surface area contributed by atoms with Crippen LogP contribution in [0.2, 0.25) is 0 Å². The van der Waals surface area contributed by atoms with Crippen molar-refractivity contribution < 1.29 is 9.53 Å². The molecule has 0 aliphatic carbocycles. The van der Waals surface area contributed by atoms with Gasteiger partial charge in [0.15, 0.2) is 0 Å². The second-order valence-corrected chi connectivity index (χ2v) is 6.85. The van der Waals surface area contributed by atoms with Crippen LogP contribution in [0.5, 0.6) is 5.75 Å². The first-order valence-corrected chi connectivity index (χ1v) is 9.50. The average Bonchev–Trinajstić information content (AvgIpc) is 2.77. The van der Waals surface area contributed by atoms with Gasteiger partial charge in [0.25, 0.3) is 0 Å². The van der Waals surface area contributed by atoms with Crippen LogP contribution in [0.1, 0.15) is 22.7 Å². The number of nitrogens with zero attached hydrogens (tertiary/aromatic N) is 2. The van der Waals surface area contributed by atoms with Crippen molar-refractivity contribution in [3.63, 3.8) is 0 Å². The van der Waals surface area contributed by atoms with Gasteiger partial charge >= 0.3 is 0 Å². The highest BCUT2D eigenvalue weighted by molar-refractivity contribution is 5.83. The van der Waals surface area contributed by atoms with E-state index in [4.69, 9.17) is 4.74 Å². The van der Waals surface area contributed by atoms with Crippen molar-refractivity contribution >= 4 is 5.91 Å². The second-order valence-electron chi connectivity index (χ2n) is 6.85. The summed E-state index contributed by atoms with van der Waals surface area (Å²) in [6.45, 7) is 0.663. The van der Waals surface area contributed by atoms with Crippen LogP contribution < -0.4 is 4.74 Å². The Morgan fingerprint density at radius 3 is 2.36 bits per heavy atom. The largest absolute Gasteiger partial charge is 0.497 e. The standard InChI is InChI=1S/C24H26N2O2/c1-26(17-15-19-11-13-22(28-2)14-12-19)24(27)23(20-8-4-3-5-9-20)18-21-10-6-7-16-25-21/h3-14,16,23H,15,17-18H2,1-2H3. The van der Waals surface area contributed by atoms with E-state index in [1.807, 2.05) is 84.7 Å². The fraction of sp³-hybridized carbons (Fsp3) is 0.250. The molecular formula is C24H26N2O2. The van der Waals surface area contributed by atoms with Crippen molar-refractivity contribution in [3.05, 3.63) is 95.8 Å². The number of ether oxygens (including phenoxy) is 1. The molecule has 0 N–H and O–H groups in total. The summed E-state index contributed by atoms with van der Waals surface area (Å²) in [6, 6.07) is 23.8. The number of carbonyl (C=O) groups is 1. The first-order chi connectivity index (χ1) is 13.7. The molecule has 144 valence electrons. The molecule has 0 aliphatic heterocycles. The summed E-state index contributed by atoms with van der Waals surface area (Å²) in [7, 11) is 3.53. The number of amides is 1. The normalized spacial score (nSPS) is 11.6. The molecule has 2 aromatic carbocycles. The Labute approximate surface area is 166 Å². The SMILES string of the molecule is COc1ccc(CCN(C)C(=O)C(Cc2ccccn2)c2ccccc2)cc1. The molecule has 1 atom stereocenters. The maximum absolute atomic E-state index is 13.2. The Morgan fingerprint density at radius 2 is 1.71 bits per heavy atom. The molecule has 0 aliphatic rings. The van der Waals surface area contributed by atoms with E-state index in [0.29, 0.717) is 13.0 Å². The van der Waals surface area contributed by atoms with Crippen molar-refractivity contribution in [1.29, 1.82) is 0 Å². The maximum atomic E-state index is 13.2. The summed E-state index contributed by atoms with van der Waals surface area (Å²) in [6.07, 6.45) is 3.17. The third-order valence-electron chi connectivity index (χ3n) is 4.91. The highest BCUT2D eigenvalue weighted by Crippen LogP contribution is 2.23. The van der Waals surface area contributed by atoms with E-state index in [0.717, 1.165) is 23.4 Å². The third-order valence-corrected chi connectivity index (χ3v) is 4.91. The lowest BCUT2D eigenvalue weighted by molar-refractivity contribution is -0.131. The molecule has 0 saturated heterocycles. The van der Waals surface area contributed by atoms with Gasteiger partial charge in [0, 0.05) is 31.9 Å². The Bertz CT molecular complexity index is 864. The molecule has 1 heterocycles. The summed E-state index contributed by atoms with van der Waals surface area (Å²) in [5.41, 5.74) is 3.13. The lowest BCUT2D eigenvalue weighted by Gasteiger charge is -2.24. The van der Waals surface area contributed by atoms with E-state index in [9.17, 15) is 4.79 Å². The van der Waals surface area contributed by atoms with Crippen molar-refractivity contribution in [2.75, 3.05) is 20.7 Å². The summed E-state index contributed by atoms with van der Waals surface area (Å²) in [5, 5.41) is 0. The summed E-state index contributed by atoms with van der Waals surface area (Å²) < 4.78 is 5.20. The number of likely N-dealkylation sites (N-methyl/N-ethyl adjacent to an activating group) is 1. The number of rotatable bonds is 8. The van der Waals surface area contributed by atoms with Crippen LogP contribution in [0.25, 0.3) is 0 Å². The molecule has 0 bridgehead atoms. The smallest absolute Gasteiger partial charge is 0.230 e. The van der Waals surface area contributed by atoms with Crippen molar-refractivity contribution in [2.45, 2.75) is 18.8 Å². The second kappa shape index (κ2) is 9.70. The minimum Gasteiger partial charge on any atom is -0.497 e. The minimum atomic E-state index is -0.239. The monoisotopic (exact) mass is 374 g/mol. The van der Waals surface area contributed by atoms with E-state index in [-0.39, 0.29) is 11.8 Å². The predicted molar refractivity (Wildman–Crippen MR) is 111 cm³/mol. The summed E-state index contributed by atoms with van der Waals surface area (Å²) in [4.78, 5) is 19.5. The van der Waals surface area contributed by atoms with Crippen LogP contribution in [0.15, 0.2) is 79.0 Å². The Kier molecular flexibility index (Phi) is 6.79. The molecular weight excluding hydrogens is 348 g/mol. The zero-order chi connectivity index (χ0) is 19.8. The van der Waals surface area contributed by atoms with Crippen LogP contribution in [0.4, 0.5) is 0 Å². The number of hydrogen-bond acceptors (Lipinski definition) is 3. The quantitative estimate of drug-likeness (QED) is 0.596. The molecule has 3 rings (SSSR count). The Morgan fingerprint density at radius 1 is 1.00 bits per heavy atom. The van der Waals surface area contributed by atoms with E-state index in [2.05, 4.69) is 4.98 Å². The van der Waals surface area contributed by atoms with Gasteiger partial charge in [-0.15, -0.1) is 0 Å². The molecule has 4 heteroatoms. The van der Waals surface area contributed by atoms with Crippen molar-refractivity contribution in [3.8, 4) is 5.75 Å². The first kappa shape index (κ1) is 19.6. The average molecular weight is 374 g/mol. The van der Waals surface area contributed by atoms with Crippen LogP contribution in [-0.4, -0.2) is 36.5 Å². The maximum Gasteiger partial charge on any atom is 0.230 e. The minimum absolute atomic E-state index is 0.116. The number of carbonyl (C=O) groups excluding carboxylic acids is 1. The fourth-order valence-electron chi connectivity index (χ4n) is 3.23. The molecule has 0 spiro atoms. The van der Waals surface area contributed by atoms with Crippen LogP contribution in [0, 0.1) is 0 Å². The van der Waals surface area contributed by atoms with E-state index in [1.165, 1.54) is 5.56 Å². The summed E-state index contributed by atoms with van der Waals surface area (Å²) >= 11 is 0. The predicted octanol–water partition coefficient (Wildman–Crippen LogP) is 4.12. The molecule has 0 saturated carbocycles. The van der Waals surface area contributed by atoms with Gasteiger partial charge in [-0.25, -0.2) is 0 Å². The van der Waals surface area contributed by atoms with Gasteiger partial charge in [-0.2, -0.15) is 0 Å². The highest BCUT2D eigenvalue weighted by Gasteiger charge is 2.24.